The van der Waals surface area contributed by atoms with E-state index < -0.39 is 68.8 Å². The molecule has 1 aliphatic heterocycles. The van der Waals surface area contributed by atoms with Gasteiger partial charge in [0, 0.05) is 0 Å². The van der Waals surface area contributed by atoms with Gasteiger partial charge in [0.15, 0.2) is 6.29 Å². The van der Waals surface area contributed by atoms with Crippen LogP contribution in [0.25, 0.3) is 0 Å². The molecule has 0 radical (unpaired) electrons. The van der Waals surface area contributed by atoms with Crippen LogP contribution in [0.4, 0.5) is 0 Å². The third-order valence-corrected chi connectivity index (χ3v) is 3.30. The Balaban J connectivity index is 2.74. The minimum absolute atomic E-state index is 0.656. The first-order valence-corrected chi connectivity index (χ1v) is 6.41. The zero-order chi connectivity index (χ0) is 16.2. The fraction of sp³-hybridized carbons (Fsp3) is 1.00. The molecule has 1 saturated heterocycles. The normalized spacial score (nSPS) is 38.0. The summed E-state index contributed by atoms with van der Waals surface area (Å²) in [5, 5.41) is 74.7. The molecule has 0 saturated carbocycles. The van der Waals surface area contributed by atoms with E-state index in [1.807, 2.05) is 0 Å². The molecule has 0 aromatic heterocycles. The summed E-state index contributed by atoms with van der Waals surface area (Å²) in [5.41, 5.74) is 0. The molecule has 0 aliphatic carbocycles. The molecule has 0 spiro atoms. The molecule has 8 N–H and O–H groups in total. The van der Waals surface area contributed by atoms with E-state index in [2.05, 4.69) is 0 Å². The third-order valence-electron chi connectivity index (χ3n) is 3.30. The van der Waals surface area contributed by atoms with E-state index in [0.29, 0.717) is 0 Å². The summed E-state index contributed by atoms with van der Waals surface area (Å²) in [6.45, 7) is -2.21. The van der Waals surface area contributed by atoms with Gasteiger partial charge in [-0.3, -0.25) is 0 Å². The predicted molar refractivity (Wildman–Crippen MR) is 64.8 cm³/mol. The van der Waals surface area contributed by atoms with Crippen LogP contribution in [0.2, 0.25) is 0 Å². The summed E-state index contributed by atoms with van der Waals surface area (Å²) < 4.78 is 10.1. The second kappa shape index (κ2) is 8.29. The summed E-state index contributed by atoms with van der Waals surface area (Å²) >= 11 is 0. The molecule has 10 heteroatoms. The average molecular weight is 314 g/mol. The highest BCUT2D eigenvalue weighted by Crippen LogP contribution is 2.23. The summed E-state index contributed by atoms with van der Waals surface area (Å²) in [5.74, 6) is 0. The fourth-order valence-corrected chi connectivity index (χ4v) is 1.94. The first-order chi connectivity index (χ1) is 9.87. The summed E-state index contributed by atoms with van der Waals surface area (Å²) in [4.78, 5) is 0. The molecule has 0 aromatic carbocycles. The Morgan fingerprint density at radius 2 is 1.52 bits per heavy atom. The third kappa shape index (κ3) is 4.29. The van der Waals surface area contributed by atoms with Gasteiger partial charge in [-0.2, -0.15) is 0 Å². The quantitative estimate of drug-likeness (QED) is 0.226. The van der Waals surface area contributed by atoms with Crippen molar-refractivity contribution in [3.05, 3.63) is 0 Å². The number of ether oxygens (including phenoxy) is 2. The Morgan fingerprint density at radius 3 is 2.00 bits per heavy atom. The second-order valence-corrected chi connectivity index (χ2v) is 4.79. The van der Waals surface area contributed by atoms with E-state index >= 15 is 0 Å². The van der Waals surface area contributed by atoms with E-state index in [0.717, 1.165) is 0 Å². The zero-order valence-corrected chi connectivity index (χ0v) is 11.1. The summed E-state index contributed by atoms with van der Waals surface area (Å²) in [6.07, 6.45) is -12.4. The topological polar surface area (TPSA) is 180 Å². The molecule has 1 fully saturated rings. The van der Waals surface area contributed by atoms with Gasteiger partial charge in [-0.05, 0) is 0 Å². The van der Waals surface area contributed by atoms with E-state index in [9.17, 15) is 25.5 Å². The number of hydrogen-bond acceptors (Lipinski definition) is 10. The lowest BCUT2D eigenvalue weighted by molar-refractivity contribution is -0.321. The Kier molecular flexibility index (Phi) is 7.36. The molecular formula is C11H22O10. The zero-order valence-electron chi connectivity index (χ0n) is 11.1. The molecular weight excluding hydrogens is 292 g/mol. The van der Waals surface area contributed by atoms with Crippen LogP contribution in [0, 0.1) is 0 Å². The lowest BCUT2D eigenvalue weighted by Gasteiger charge is -2.41. The van der Waals surface area contributed by atoms with Crippen molar-refractivity contribution in [1.82, 2.24) is 0 Å². The SMILES string of the molecule is OC[C@H](O)[C@H](O)[C@@H](CO)O[C@H]1O[C@H](CO)[C@@H](O)[C@H](O)[C@H]1O. The Morgan fingerprint density at radius 1 is 0.905 bits per heavy atom. The van der Waals surface area contributed by atoms with E-state index in [4.69, 9.17) is 24.8 Å². The van der Waals surface area contributed by atoms with Crippen LogP contribution >= 0.6 is 0 Å². The van der Waals surface area contributed by atoms with Gasteiger partial charge in [0.1, 0.15) is 42.7 Å². The van der Waals surface area contributed by atoms with Crippen molar-refractivity contribution in [2.75, 3.05) is 19.8 Å². The van der Waals surface area contributed by atoms with Crippen LogP contribution in [0.3, 0.4) is 0 Å². The minimum atomic E-state index is -1.70. The van der Waals surface area contributed by atoms with Gasteiger partial charge in [0.05, 0.1) is 19.8 Å². The van der Waals surface area contributed by atoms with Crippen molar-refractivity contribution in [3.8, 4) is 0 Å². The number of rotatable bonds is 7. The van der Waals surface area contributed by atoms with Gasteiger partial charge < -0.3 is 50.3 Å². The number of aliphatic hydroxyl groups excluding tert-OH is 8. The first-order valence-electron chi connectivity index (χ1n) is 6.41. The maximum atomic E-state index is 9.73. The minimum Gasteiger partial charge on any atom is -0.394 e. The molecule has 0 aromatic rings. The van der Waals surface area contributed by atoms with E-state index in [-0.39, 0.29) is 0 Å². The molecule has 0 unspecified atom stereocenters. The standard InChI is InChI=1S/C11H22O10/c12-1-4(15)7(16)5(2-13)20-11-10(19)9(18)8(17)6(3-14)21-11/h4-19H,1-3H2/t4-,5+,6+,7-,8+,9-,10+,11-/m0/s1. The first kappa shape index (κ1) is 18.6. The van der Waals surface area contributed by atoms with Crippen molar-refractivity contribution in [3.63, 3.8) is 0 Å². The van der Waals surface area contributed by atoms with Gasteiger partial charge in [-0.25, -0.2) is 0 Å². The molecule has 126 valence electrons. The molecule has 21 heavy (non-hydrogen) atoms. The molecule has 1 heterocycles. The highest BCUT2D eigenvalue weighted by Gasteiger charge is 2.45. The lowest BCUT2D eigenvalue weighted by atomic mass is 9.99. The Labute approximate surface area is 120 Å². The largest absolute Gasteiger partial charge is 0.394 e. The van der Waals surface area contributed by atoms with Gasteiger partial charge in [0.2, 0.25) is 0 Å². The van der Waals surface area contributed by atoms with Crippen molar-refractivity contribution < 1.29 is 50.3 Å². The summed E-state index contributed by atoms with van der Waals surface area (Å²) in [6, 6.07) is 0. The predicted octanol–water partition coefficient (Wildman–Crippen LogP) is -5.12. The highest BCUT2D eigenvalue weighted by molar-refractivity contribution is 4.90. The van der Waals surface area contributed by atoms with E-state index in [1.165, 1.54) is 0 Å². The van der Waals surface area contributed by atoms with Gasteiger partial charge in [-0.15, -0.1) is 0 Å². The Bertz CT molecular complexity index is 301. The van der Waals surface area contributed by atoms with Crippen LogP contribution in [0.15, 0.2) is 0 Å². The van der Waals surface area contributed by atoms with Crippen LogP contribution in [0.1, 0.15) is 0 Å². The maximum Gasteiger partial charge on any atom is 0.187 e. The van der Waals surface area contributed by atoms with Crippen molar-refractivity contribution >= 4 is 0 Å². The van der Waals surface area contributed by atoms with Crippen molar-refractivity contribution in [1.29, 1.82) is 0 Å². The van der Waals surface area contributed by atoms with Gasteiger partial charge in [0.25, 0.3) is 0 Å². The fourth-order valence-electron chi connectivity index (χ4n) is 1.94. The van der Waals surface area contributed by atoms with E-state index in [1.54, 1.807) is 0 Å². The Hall–Kier alpha value is -0.400. The smallest absolute Gasteiger partial charge is 0.187 e. The second-order valence-electron chi connectivity index (χ2n) is 4.79. The van der Waals surface area contributed by atoms with Crippen LogP contribution in [-0.2, 0) is 9.47 Å². The van der Waals surface area contributed by atoms with Crippen molar-refractivity contribution in [2.24, 2.45) is 0 Å². The lowest BCUT2D eigenvalue weighted by Crippen LogP contribution is -2.60. The molecule has 10 nitrogen and oxygen atoms in total. The van der Waals surface area contributed by atoms with Crippen LogP contribution in [0.5, 0.6) is 0 Å². The molecule has 0 bridgehead atoms. The van der Waals surface area contributed by atoms with Crippen molar-refractivity contribution in [2.45, 2.75) is 49.0 Å². The molecule has 1 aliphatic rings. The molecule has 8 atom stereocenters. The monoisotopic (exact) mass is 314 g/mol. The maximum absolute atomic E-state index is 9.73. The van der Waals surface area contributed by atoms with Gasteiger partial charge in [-0.1, -0.05) is 0 Å². The van der Waals surface area contributed by atoms with Crippen LogP contribution < -0.4 is 0 Å². The number of aliphatic hydroxyl groups is 8. The van der Waals surface area contributed by atoms with Gasteiger partial charge >= 0.3 is 0 Å². The summed E-state index contributed by atoms with van der Waals surface area (Å²) in [7, 11) is 0. The molecule has 0 amide bonds. The number of hydrogen-bond donors (Lipinski definition) is 8. The highest BCUT2D eigenvalue weighted by atomic mass is 16.7. The molecule has 1 rings (SSSR count). The van der Waals surface area contributed by atoms with Crippen LogP contribution in [-0.4, -0.2) is 110 Å². The average Bonchev–Trinajstić information content (AvgIpc) is 2.50.